The predicted molar refractivity (Wildman–Crippen MR) is 138 cm³/mol. The minimum Gasteiger partial charge on any atom is -1.00 e. The average Bonchev–Trinajstić information content (AvgIpc) is 2.76. The van der Waals surface area contributed by atoms with Crippen molar-refractivity contribution in [2.75, 3.05) is 27.2 Å². The molecule has 0 radical (unpaired) electrons. The molecule has 33 heavy (non-hydrogen) atoms. The van der Waals surface area contributed by atoms with Crippen LogP contribution < -0.4 is 12.4 Å². The quantitative estimate of drug-likeness (QED) is 0.139. The zero-order valence-electron chi connectivity index (χ0n) is 22.0. The van der Waals surface area contributed by atoms with Gasteiger partial charge in [0.2, 0.25) is 0 Å². The van der Waals surface area contributed by atoms with Crippen LogP contribution in [0.15, 0.2) is 30.3 Å². The Kier molecular flexibility index (Phi) is 20.8. The number of ether oxygens (including phenoxy) is 1. The molecule has 0 aliphatic rings. The van der Waals surface area contributed by atoms with E-state index in [0.717, 1.165) is 13.0 Å². The number of unbranched alkanes of at least 4 members (excludes halogenated alkanes) is 15. The van der Waals surface area contributed by atoms with E-state index in [0.29, 0.717) is 17.6 Å². The molecule has 0 aliphatic carbocycles. The van der Waals surface area contributed by atoms with Gasteiger partial charge in [-0.15, -0.1) is 0 Å². The van der Waals surface area contributed by atoms with Crippen molar-refractivity contribution in [1.29, 1.82) is 0 Å². The van der Waals surface area contributed by atoms with Crippen molar-refractivity contribution in [2.45, 2.75) is 116 Å². The van der Waals surface area contributed by atoms with Crippen LogP contribution in [0.3, 0.4) is 0 Å². The summed E-state index contributed by atoms with van der Waals surface area (Å²) in [5, 5.41) is 0. The van der Waals surface area contributed by atoms with E-state index >= 15 is 0 Å². The standard InChI is InChI=1S/C29H52NO2.ClH/c1-4-5-6-7-8-9-10-11-12-13-14-15-16-17-18-22-25-32-29(31)27-30(2,3)26-28-23-20-19-21-24-28;/h19-21,23-24H,4-18,22,25-27H2,1-3H3;1H/q+1;/p-1. The van der Waals surface area contributed by atoms with Crippen LogP contribution in [0.25, 0.3) is 0 Å². The van der Waals surface area contributed by atoms with Gasteiger partial charge in [0, 0.05) is 5.56 Å². The number of benzene rings is 1. The monoisotopic (exact) mass is 481 g/mol. The molecule has 4 heteroatoms. The van der Waals surface area contributed by atoms with Crippen molar-refractivity contribution in [2.24, 2.45) is 0 Å². The van der Waals surface area contributed by atoms with E-state index in [9.17, 15) is 4.79 Å². The molecule has 192 valence electrons. The number of carbonyl (C=O) groups is 1. The second kappa shape index (κ2) is 21.5. The Bertz CT molecular complexity index is 562. The van der Waals surface area contributed by atoms with Gasteiger partial charge in [0.15, 0.2) is 6.54 Å². The fourth-order valence-electron chi connectivity index (χ4n) is 4.36. The fourth-order valence-corrected chi connectivity index (χ4v) is 4.36. The molecule has 0 saturated carbocycles. The smallest absolute Gasteiger partial charge is 0.361 e. The summed E-state index contributed by atoms with van der Waals surface area (Å²) >= 11 is 0. The van der Waals surface area contributed by atoms with Gasteiger partial charge >= 0.3 is 5.97 Å². The summed E-state index contributed by atoms with van der Waals surface area (Å²) in [6.45, 7) is 4.12. The summed E-state index contributed by atoms with van der Waals surface area (Å²) in [5.74, 6) is -0.0770. The molecule has 0 spiro atoms. The Morgan fingerprint density at radius 1 is 0.697 bits per heavy atom. The molecule has 0 amide bonds. The van der Waals surface area contributed by atoms with Gasteiger partial charge in [-0.3, -0.25) is 0 Å². The maximum Gasteiger partial charge on any atom is 0.361 e. The largest absolute Gasteiger partial charge is 1.00 e. The normalized spacial score (nSPS) is 11.2. The van der Waals surface area contributed by atoms with Gasteiger partial charge in [-0.05, 0) is 6.42 Å². The average molecular weight is 482 g/mol. The second-order valence-corrected chi connectivity index (χ2v) is 10.3. The lowest BCUT2D eigenvalue weighted by molar-refractivity contribution is -0.896. The molecule has 0 fully saturated rings. The molecule has 0 aromatic heterocycles. The molecule has 1 rings (SSSR count). The predicted octanol–water partition coefficient (Wildman–Crippen LogP) is 5.07. The van der Waals surface area contributed by atoms with Crippen LogP contribution in [0.5, 0.6) is 0 Å². The Morgan fingerprint density at radius 2 is 1.12 bits per heavy atom. The van der Waals surface area contributed by atoms with Gasteiger partial charge in [0.1, 0.15) is 6.54 Å². The first-order valence-corrected chi connectivity index (χ1v) is 13.5. The third kappa shape index (κ3) is 20.1. The molecule has 0 saturated heterocycles. The summed E-state index contributed by atoms with van der Waals surface area (Å²) < 4.78 is 6.11. The summed E-state index contributed by atoms with van der Waals surface area (Å²) in [6, 6.07) is 10.3. The molecule has 0 unspecified atom stereocenters. The number of carbonyl (C=O) groups excluding carboxylic acids is 1. The van der Waals surface area contributed by atoms with Crippen LogP contribution in [-0.2, 0) is 16.1 Å². The highest BCUT2D eigenvalue weighted by atomic mass is 35.5. The van der Waals surface area contributed by atoms with Gasteiger partial charge in [0.25, 0.3) is 0 Å². The third-order valence-corrected chi connectivity index (χ3v) is 6.27. The van der Waals surface area contributed by atoms with E-state index in [1.165, 1.54) is 102 Å². The fraction of sp³-hybridized carbons (Fsp3) is 0.759. The highest BCUT2D eigenvalue weighted by molar-refractivity contribution is 5.70. The molecule has 3 nitrogen and oxygen atoms in total. The van der Waals surface area contributed by atoms with Crippen LogP contribution in [0.2, 0.25) is 0 Å². The zero-order valence-corrected chi connectivity index (χ0v) is 22.7. The molecule has 0 heterocycles. The van der Waals surface area contributed by atoms with E-state index < -0.39 is 0 Å². The SMILES string of the molecule is CCCCCCCCCCCCCCCCCCOC(=O)C[N+](C)(C)Cc1ccccc1.[Cl-]. The molecular weight excluding hydrogens is 430 g/mol. The molecule has 0 aliphatic heterocycles. The summed E-state index contributed by atoms with van der Waals surface area (Å²) in [7, 11) is 4.17. The van der Waals surface area contributed by atoms with Gasteiger partial charge in [-0.1, -0.05) is 134 Å². The topological polar surface area (TPSA) is 26.3 Å². The van der Waals surface area contributed by atoms with Crippen molar-refractivity contribution in [3.8, 4) is 0 Å². The minimum absolute atomic E-state index is 0. The Labute approximate surface area is 211 Å². The van der Waals surface area contributed by atoms with Crippen LogP contribution in [0.4, 0.5) is 0 Å². The number of hydrogen-bond acceptors (Lipinski definition) is 2. The van der Waals surface area contributed by atoms with Crippen molar-refractivity contribution in [3.05, 3.63) is 35.9 Å². The molecule has 1 aromatic rings. The number of quaternary nitrogens is 1. The third-order valence-electron chi connectivity index (χ3n) is 6.27. The van der Waals surface area contributed by atoms with Crippen LogP contribution in [0, 0.1) is 0 Å². The van der Waals surface area contributed by atoms with Crippen LogP contribution >= 0.6 is 0 Å². The van der Waals surface area contributed by atoms with Gasteiger partial charge in [-0.2, -0.15) is 0 Å². The van der Waals surface area contributed by atoms with Gasteiger partial charge < -0.3 is 21.6 Å². The minimum atomic E-state index is -0.0770. The second-order valence-electron chi connectivity index (χ2n) is 10.3. The van der Waals surface area contributed by atoms with Crippen molar-refractivity contribution >= 4 is 5.97 Å². The van der Waals surface area contributed by atoms with E-state index in [4.69, 9.17) is 4.74 Å². The zero-order chi connectivity index (χ0) is 23.3. The maximum absolute atomic E-state index is 12.2. The first kappa shape index (κ1) is 31.9. The molecule has 0 N–H and O–H groups in total. The van der Waals surface area contributed by atoms with E-state index in [-0.39, 0.29) is 18.4 Å². The van der Waals surface area contributed by atoms with Crippen LogP contribution in [0.1, 0.15) is 115 Å². The Morgan fingerprint density at radius 3 is 1.58 bits per heavy atom. The molecular formula is C29H52ClNO2. The summed E-state index contributed by atoms with van der Waals surface area (Å²) in [6.07, 6.45) is 21.7. The summed E-state index contributed by atoms with van der Waals surface area (Å²) in [5.41, 5.74) is 1.25. The Balaban J connectivity index is 0.0000102. The lowest BCUT2D eigenvalue weighted by atomic mass is 10.0. The van der Waals surface area contributed by atoms with E-state index in [1.54, 1.807) is 0 Å². The lowest BCUT2D eigenvalue weighted by Gasteiger charge is -2.28. The maximum atomic E-state index is 12.2. The van der Waals surface area contributed by atoms with Crippen molar-refractivity contribution < 1.29 is 26.4 Å². The Hall–Kier alpha value is -1.06. The molecule has 0 atom stereocenters. The van der Waals surface area contributed by atoms with Gasteiger partial charge in [0.05, 0.1) is 20.7 Å². The highest BCUT2D eigenvalue weighted by Crippen LogP contribution is 2.14. The highest BCUT2D eigenvalue weighted by Gasteiger charge is 2.21. The number of rotatable bonds is 21. The van der Waals surface area contributed by atoms with Crippen LogP contribution in [-0.4, -0.2) is 37.7 Å². The number of nitrogens with zero attached hydrogens (tertiary/aromatic N) is 1. The van der Waals surface area contributed by atoms with E-state index in [1.807, 2.05) is 18.2 Å². The van der Waals surface area contributed by atoms with Gasteiger partial charge in [-0.25, -0.2) is 4.79 Å². The number of halogens is 1. The van der Waals surface area contributed by atoms with E-state index in [2.05, 4.69) is 33.2 Å². The first-order chi connectivity index (χ1) is 15.5. The molecule has 0 bridgehead atoms. The first-order valence-electron chi connectivity index (χ1n) is 13.5. The molecule has 1 aromatic carbocycles. The number of esters is 1. The van der Waals surface area contributed by atoms with Crippen molar-refractivity contribution in [1.82, 2.24) is 0 Å². The lowest BCUT2D eigenvalue weighted by Crippen LogP contribution is -3.00. The summed E-state index contributed by atoms with van der Waals surface area (Å²) in [4.78, 5) is 12.2. The van der Waals surface area contributed by atoms with Crippen molar-refractivity contribution in [3.63, 3.8) is 0 Å². The number of hydrogen-bond donors (Lipinski definition) is 0. The number of likely N-dealkylation sites (N-methyl/N-ethyl adjacent to an activating group) is 1.